The quantitative estimate of drug-likeness (QED) is 0.853. The summed E-state index contributed by atoms with van der Waals surface area (Å²) in [6.45, 7) is 7.28. The van der Waals surface area contributed by atoms with Gasteiger partial charge in [-0.1, -0.05) is 5.16 Å². The van der Waals surface area contributed by atoms with Gasteiger partial charge < -0.3 is 19.4 Å². The van der Waals surface area contributed by atoms with Gasteiger partial charge in [0.15, 0.2) is 5.58 Å². The lowest BCUT2D eigenvalue weighted by Crippen LogP contribution is -2.44. The number of aromatic nitrogens is 1. The molecule has 2 aromatic rings. The number of fused-ring (bicyclic) bond motifs is 1. The van der Waals surface area contributed by atoms with Gasteiger partial charge in [0.25, 0.3) is 5.91 Å². The lowest BCUT2D eigenvalue weighted by atomic mass is 9.91. The fraction of sp³-hybridized carbons (Fsp3) is 0.579. The number of piperidine rings is 1. The highest BCUT2D eigenvalue weighted by atomic mass is 19.1. The van der Waals surface area contributed by atoms with Crippen LogP contribution in [0.15, 0.2) is 22.7 Å². The van der Waals surface area contributed by atoms with Crippen LogP contribution in [0.25, 0.3) is 11.0 Å². The van der Waals surface area contributed by atoms with Crippen LogP contribution < -0.4 is 0 Å². The van der Waals surface area contributed by atoms with Gasteiger partial charge in [0.2, 0.25) is 0 Å². The van der Waals surface area contributed by atoms with E-state index in [1.807, 2.05) is 6.92 Å². The largest absolute Gasteiger partial charge is 0.384 e. The van der Waals surface area contributed by atoms with Crippen molar-refractivity contribution in [1.82, 2.24) is 15.0 Å². The Balaban J connectivity index is 1.55. The Hall–Kier alpha value is -1.99. The number of amides is 1. The van der Waals surface area contributed by atoms with E-state index < -0.39 is 6.10 Å². The van der Waals surface area contributed by atoms with E-state index in [0.717, 1.165) is 43.6 Å². The molecule has 1 saturated heterocycles. The van der Waals surface area contributed by atoms with Gasteiger partial charge >= 0.3 is 0 Å². The van der Waals surface area contributed by atoms with E-state index in [4.69, 9.17) is 4.52 Å². The Kier molecular flexibility index (Phi) is 5.88. The second kappa shape index (κ2) is 8.14. The molecule has 0 radical (unpaired) electrons. The second-order valence-corrected chi connectivity index (χ2v) is 6.92. The zero-order valence-corrected chi connectivity index (χ0v) is 15.3. The number of carbonyl (C=O) groups excluding carboxylic acids is 1. The van der Waals surface area contributed by atoms with E-state index in [9.17, 15) is 14.3 Å². The number of benzene rings is 1. The van der Waals surface area contributed by atoms with Crippen LogP contribution in [-0.4, -0.2) is 64.8 Å². The molecule has 1 fully saturated rings. The number of aliphatic hydroxyl groups excluding tert-OH is 1. The first-order chi connectivity index (χ1) is 12.5. The van der Waals surface area contributed by atoms with Gasteiger partial charge in [0, 0.05) is 37.0 Å². The lowest BCUT2D eigenvalue weighted by Gasteiger charge is -2.33. The van der Waals surface area contributed by atoms with Gasteiger partial charge in [0.05, 0.1) is 5.69 Å². The summed E-state index contributed by atoms with van der Waals surface area (Å²) in [5, 5.41) is 14.5. The third-order valence-electron chi connectivity index (χ3n) is 5.17. The average molecular weight is 363 g/mol. The molecule has 6 nitrogen and oxygen atoms in total. The van der Waals surface area contributed by atoms with Crippen molar-refractivity contribution >= 4 is 16.9 Å². The summed E-state index contributed by atoms with van der Waals surface area (Å²) in [7, 11) is 0. The minimum Gasteiger partial charge on any atom is -0.384 e. The fourth-order valence-electron chi connectivity index (χ4n) is 3.61. The van der Waals surface area contributed by atoms with Crippen LogP contribution in [0.5, 0.6) is 0 Å². The van der Waals surface area contributed by atoms with Gasteiger partial charge in [-0.25, -0.2) is 4.39 Å². The van der Waals surface area contributed by atoms with Gasteiger partial charge in [-0.2, -0.15) is 0 Å². The van der Waals surface area contributed by atoms with Crippen molar-refractivity contribution in [2.24, 2.45) is 0 Å². The van der Waals surface area contributed by atoms with Crippen molar-refractivity contribution in [3.05, 3.63) is 29.7 Å². The first-order valence-corrected chi connectivity index (χ1v) is 9.23. The summed E-state index contributed by atoms with van der Waals surface area (Å²) in [5.41, 5.74) is 1.41. The Morgan fingerprint density at radius 3 is 2.85 bits per heavy atom. The number of halogens is 1. The zero-order valence-electron chi connectivity index (χ0n) is 15.3. The molecule has 142 valence electrons. The fourth-order valence-corrected chi connectivity index (χ4v) is 3.61. The molecule has 2 heterocycles. The molecule has 1 aliphatic rings. The number of aliphatic hydroxyl groups is 1. The Bertz CT molecular complexity index is 754. The number of nitrogens with zero attached hydrogens (tertiary/aromatic N) is 3. The number of carbonyl (C=O) groups is 1. The minimum atomic E-state index is -0.953. The number of likely N-dealkylation sites (tertiary alicyclic amines) is 1. The Morgan fingerprint density at radius 1 is 1.46 bits per heavy atom. The predicted octanol–water partition coefficient (Wildman–Crippen LogP) is 2.38. The van der Waals surface area contributed by atoms with Crippen molar-refractivity contribution in [2.45, 2.75) is 38.7 Å². The highest BCUT2D eigenvalue weighted by molar-refractivity contribution is 5.80. The molecule has 1 N–H and O–H groups in total. The average Bonchev–Trinajstić information content (AvgIpc) is 3.05. The van der Waals surface area contributed by atoms with Crippen molar-refractivity contribution in [3.8, 4) is 0 Å². The summed E-state index contributed by atoms with van der Waals surface area (Å²) in [5.74, 6) is -0.231. The molecule has 0 saturated carbocycles. The van der Waals surface area contributed by atoms with Crippen molar-refractivity contribution in [1.29, 1.82) is 0 Å². The molecule has 1 aromatic heterocycles. The summed E-state index contributed by atoms with van der Waals surface area (Å²) < 4.78 is 18.6. The first-order valence-electron chi connectivity index (χ1n) is 9.23. The molecular formula is C19H26FN3O3. The molecule has 0 aliphatic carbocycles. The maximum atomic E-state index is 13.3. The minimum absolute atomic E-state index is 0.219. The molecule has 1 aromatic carbocycles. The summed E-state index contributed by atoms with van der Waals surface area (Å²) >= 11 is 0. The SMILES string of the molecule is CCN(CCN1CCC(c2noc3cc(F)ccc23)CC1)C(=O)C(C)O. The van der Waals surface area contributed by atoms with E-state index in [2.05, 4.69) is 10.1 Å². The maximum Gasteiger partial charge on any atom is 0.251 e. The van der Waals surface area contributed by atoms with E-state index in [1.54, 1.807) is 11.0 Å². The standard InChI is InChI=1S/C19H26FN3O3/c1-3-23(19(25)13(2)24)11-10-22-8-6-14(7-9-22)18-16-5-4-15(20)12-17(16)26-21-18/h4-5,12-14,24H,3,6-11H2,1-2H3. The van der Waals surface area contributed by atoms with Crippen LogP contribution in [0.4, 0.5) is 4.39 Å². The maximum absolute atomic E-state index is 13.3. The topological polar surface area (TPSA) is 69.8 Å². The highest BCUT2D eigenvalue weighted by Gasteiger charge is 2.26. The van der Waals surface area contributed by atoms with E-state index >= 15 is 0 Å². The summed E-state index contributed by atoms with van der Waals surface area (Å²) in [6, 6.07) is 4.56. The van der Waals surface area contributed by atoms with Crippen LogP contribution in [0.2, 0.25) is 0 Å². The number of rotatable bonds is 6. The third kappa shape index (κ3) is 4.04. The molecule has 26 heavy (non-hydrogen) atoms. The highest BCUT2D eigenvalue weighted by Crippen LogP contribution is 2.32. The molecular weight excluding hydrogens is 337 g/mol. The normalized spacial score (nSPS) is 17.5. The number of hydrogen-bond acceptors (Lipinski definition) is 5. The van der Waals surface area contributed by atoms with E-state index in [1.165, 1.54) is 19.1 Å². The van der Waals surface area contributed by atoms with Crippen LogP contribution >= 0.6 is 0 Å². The Labute approximate surface area is 152 Å². The van der Waals surface area contributed by atoms with Crippen LogP contribution in [-0.2, 0) is 4.79 Å². The number of likely N-dealkylation sites (N-methyl/N-ethyl adjacent to an activating group) is 1. The third-order valence-corrected chi connectivity index (χ3v) is 5.17. The van der Waals surface area contributed by atoms with Crippen LogP contribution in [0, 0.1) is 5.82 Å². The smallest absolute Gasteiger partial charge is 0.251 e. The van der Waals surface area contributed by atoms with Crippen molar-refractivity contribution < 1.29 is 18.8 Å². The second-order valence-electron chi connectivity index (χ2n) is 6.92. The first kappa shape index (κ1) is 18.8. The lowest BCUT2D eigenvalue weighted by molar-refractivity contribution is -0.139. The van der Waals surface area contributed by atoms with Crippen LogP contribution in [0.1, 0.15) is 38.3 Å². The van der Waals surface area contributed by atoms with Crippen molar-refractivity contribution in [2.75, 3.05) is 32.7 Å². The van der Waals surface area contributed by atoms with Gasteiger partial charge in [-0.3, -0.25) is 4.79 Å². The molecule has 0 spiro atoms. The zero-order chi connectivity index (χ0) is 18.7. The van der Waals surface area contributed by atoms with E-state index in [0.29, 0.717) is 24.6 Å². The van der Waals surface area contributed by atoms with Gasteiger partial charge in [0.1, 0.15) is 11.9 Å². The van der Waals surface area contributed by atoms with E-state index in [-0.39, 0.29) is 11.7 Å². The molecule has 7 heteroatoms. The van der Waals surface area contributed by atoms with Crippen LogP contribution in [0.3, 0.4) is 0 Å². The predicted molar refractivity (Wildman–Crippen MR) is 96.3 cm³/mol. The summed E-state index contributed by atoms with van der Waals surface area (Å²) in [4.78, 5) is 15.9. The Morgan fingerprint density at radius 2 is 2.19 bits per heavy atom. The van der Waals surface area contributed by atoms with Crippen molar-refractivity contribution in [3.63, 3.8) is 0 Å². The molecule has 1 amide bonds. The molecule has 1 atom stereocenters. The molecule has 1 unspecified atom stereocenters. The molecule has 0 bridgehead atoms. The monoisotopic (exact) mass is 363 g/mol. The van der Waals surface area contributed by atoms with Gasteiger partial charge in [-0.05, 0) is 51.9 Å². The molecule has 1 aliphatic heterocycles. The van der Waals surface area contributed by atoms with Gasteiger partial charge in [-0.15, -0.1) is 0 Å². The molecule has 3 rings (SSSR count). The summed E-state index contributed by atoms with van der Waals surface area (Å²) in [6.07, 6.45) is 0.955. The number of hydrogen-bond donors (Lipinski definition) is 1.